The van der Waals surface area contributed by atoms with Crippen LogP contribution in [0.1, 0.15) is 108 Å². The predicted octanol–water partition coefficient (Wildman–Crippen LogP) is 3.17. The van der Waals surface area contributed by atoms with Crippen LogP contribution in [-0.4, -0.2) is 59.9 Å². The van der Waals surface area contributed by atoms with Crippen molar-refractivity contribution < 1.29 is 33.7 Å². The number of hydrogen-bond donors (Lipinski definition) is 4. The van der Waals surface area contributed by atoms with Gasteiger partial charge in [-0.3, -0.25) is 0 Å². The van der Waals surface area contributed by atoms with Crippen LogP contribution in [0.25, 0.3) is 0 Å². The molecule has 0 aliphatic carbocycles. The average Bonchev–Trinajstić information content (AvgIpc) is 3.07. The lowest BCUT2D eigenvalue weighted by Crippen LogP contribution is -2.62. The largest absolute Gasteiger partial charge is 0.339 e. The number of nitriles is 4. The molecule has 20 heteroatoms. The van der Waals surface area contributed by atoms with Gasteiger partial charge in [0.05, 0.1) is 29.2 Å². The molecule has 0 radical (unpaired) electrons. The van der Waals surface area contributed by atoms with E-state index in [2.05, 4.69) is 18.9 Å². The van der Waals surface area contributed by atoms with E-state index >= 15 is 0 Å². The molecule has 0 aliphatic heterocycles. The van der Waals surface area contributed by atoms with Gasteiger partial charge < -0.3 is 0 Å². The van der Waals surface area contributed by atoms with Gasteiger partial charge in [-0.25, -0.2) is 52.6 Å². The van der Waals surface area contributed by atoms with Gasteiger partial charge in [-0.2, -0.15) is 21.0 Å². The SMILES string of the molecule is N#CCCCCCNS(=O)(=O)c1ccccc1C(S(=O)(=O)NCCCCCC#N)(S(=O)(=O)NCCCCCC#N)S(=O)(=O)NCCCCCC#N. The highest BCUT2D eigenvalue weighted by atomic mass is 32.3. The normalized spacial score (nSPS) is 12.4. The van der Waals surface area contributed by atoms with E-state index in [0.717, 1.165) is 18.2 Å². The Morgan fingerprint density at radius 3 is 1.10 bits per heavy atom. The molecule has 0 unspecified atom stereocenters. The number of nitrogens with one attached hydrogen (secondary N) is 4. The van der Waals surface area contributed by atoms with E-state index in [1.807, 2.05) is 24.3 Å². The zero-order chi connectivity index (χ0) is 38.3. The Bertz CT molecular complexity index is 1710. The van der Waals surface area contributed by atoms with Crippen molar-refractivity contribution in [1.29, 1.82) is 21.0 Å². The first-order valence-electron chi connectivity index (χ1n) is 16.8. The highest BCUT2D eigenvalue weighted by Crippen LogP contribution is 2.43. The zero-order valence-electron chi connectivity index (χ0n) is 28.6. The first kappa shape index (κ1) is 45.8. The van der Waals surface area contributed by atoms with Crippen LogP contribution in [0.5, 0.6) is 0 Å². The van der Waals surface area contributed by atoms with Gasteiger partial charge in [-0.15, -0.1) is 0 Å². The van der Waals surface area contributed by atoms with Gasteiger partial charge in [0.2, 0.25) is 10.0 Å². The van der Waals surface area contributed by atoms with Crippen molar-refractivity contribution in [3.8, 4) is 24.3 Å². The molecule has 0 saturated carbocycles. The fourth-order valence-corrected chi connectivity index (χ4v) is 14.3. The van der Waals surface area contributed by atoms with Crippen LogP contribution < -0.4 is 18.9 Å². The second-order valence-corrected chi connectivity index (χ2v) is 19.8. The average molecular weight is 789 g/mol. The maximum absolute atomic E-state index is 14.5. The van der Waals surface area contributed by atoms with E-state index in [0.29, 0.717) is 51.4 Å². The molecule has 0 fully saturated rings. The molecular weight excluding hydrogens is 741 g/mol. The Morgan fingerprint density at radius 1 is 0.451 bits per heavy atom. The number of unbranched alkanes of at least 4 members (excludes halogenated alkanes) is 12. The molecule has 0 spiro atoms. The molecule has 51 heavy (non-hydrogen) atoms. The van der Waals surface area contributed by atoms with Gasteiger partial charge in [0, 0.05) is 57.4 Å². The third-order valence-corrected chi connectivity index (χ3v) is 17.6. The maximum Gasteiger partial charge on any atom is 0.339 e. The molecule has 0 bridgehead atoms. The van der Waals surface area contributed by atoms with Crippen LogP contribution in [0.2, 0.25) is 0 Å². The molecule has 1 rings (SSSR count). The summed E-state index contributed by atoms with van der Waals surface area (Å²) < 4.78 is 119. The van der Waals surface area contributed by atoms with Crippen molar-refractivity contribution in [1.82, 2.24) is 18.9 Å². The Morgan fingerprint density at radius 2 is 0.765 bits per heavy atom. The molecule has 4 N–H and O–H groups in total. The van der Waals surface area contributed by atoms with Crippen LogP contribution >= 0.6 is 0 Å². The number of benzene rings is 1. The smallest absolute Gasteiger partial charge is 0.213 e. The third-order valence-electron chi connectivity index (χ3n) is 7.60. The van der Waals surface area contributed by atoms with Gasteiger partial charge in [-0.1, -0.05) is 43.9 Å². The molecule has 0 aromatic heterocycles. The first-order valence-corrected chi connectivity index (χ1v) is 22.7. The molecule has 284 valence electrons. The summed E-state index contributed by atoms with van der Waals surface area (Å²) in [5.41, 5.74) is -1.05. The first-order chi connectivity index (χ1) is 24.2. The predicted molar refractivity (Wildman–Crippen MR) is 190 cm³/mol. The summed E-state index contributed by atoms with van der Waals surface area (Å²) in [6.45, 7) is -1.42. The van der Waals surface area contributed by atoms with Crippen LogP contribution in [0, 0.1) is 45.3 Å². The molecule has 0 heterocycles. The van der Waals surface area contributed by atoms with Crippen molar-refractivity contribution in [3.63, 3.8) is 0 Å². The van der Waals surface area contributed by atoms with Crippen LogP contribution in [0.15, 0.2) is 29.2 Å². The zero-order valence-corrected chi connectivity index (χ0v) is 31.9. The van der Waals surface area contributed by atoms with E-state index in [1.54, 1.807) is 0 Å². The Balaban J connectivity index is 3.95. The standard InChI is InChI=1S/C31H48N8O8S4/c32-21-11-1-5-15-25-36-48(40,41)30-20-10-9-19-29(30)31(49(42,43)37-26-16-6-2-12-22-33,50(44,45)38-27-17-7-3-13-23-34)51(46,47)39-28-18-8-4-14-24-35/h9-10,19-20,36-39H,1-8,11-18,25-28H2. The summed E-state index contributed by atoms with van der Waals surface area (Å²) in [7, 11) is -21.5. The highest BCUT2D eigenvalue weighted by molar-refractivity contribution is 8.23. The molecule has 1 aromatic carbocycles. The second-order valence-electron chi connectivity index (χ2n) is 11.5. The quantitative estimate of drug-likeness (QED) is 0.0852. The van der Waals surface area contributed by atoms with Crippen molar-refractivity contribution in [2.45, 2.75) is 111 Å². The molecule has 1 aromatic rings. The van der Waals surface area contributed by atoms with Gasteiger partial charge in [0.25, 0.3) is 30.1 Å². The van der Waals surface area contributed by atoms with E-state index in [4.69, 9.17) is 21.0 Å². The molecule has 0 aliphatic rings. The van der Waals surface area contributed by atoms with Gasteiger partial charge in [0.1, 0.15) is 0 Å². The van der Waals surface area contributed by atoms with Gasteiger partial charge >= 0.3 is 3.41 Å². The number of nitrogens with zero attached hydrogens (tertiary/aromatic N) is 4. The van der Waals surface area contributed by atoms with E-state index < -0.39 is 73.6 Å². The fourth-order valence-electron chi connectivity index (χ4n) is 5.03. The van der Waals surface area contributed by atoms with Crippen molar-refractivity contribution >= 4 is 40.1 Å². The van der Waals surface area contributed by atoms with E-state index in [-0.39, 0.29) is 57.9 Å². The Hall–Kier alpha value is -3.18. The third kappa shape index (κ3) is 13.7. The number of hydrogen-bond acceptors (Lipinski definition) is 12. The summed E-state index contributed by atoms with van der Waals surface area (Å²) in [4.78, 5) is -0.889. The molecule has 0 amide bonds. The number of rotatable bonds is 29. The summed E-state index contributed by atoms with van der Waals surface area (Å²) >= 11 is 0. The van der Waals surface area contributed by atoms with Crippen molar-refractivity contribution in [3.05, 3.63) is 29.8 Å². The summed E-state index contributed by atoms with van der Waals surface area (Å²) in [5, 5.41) is 35.2. The van der Waals surface area contributed by atoms with Crippen LogP contribution in [0.3, 0.4) is 0 Å². The molecule has 16 nitrogen and oxygen atoms in total. The lowest BCUT2D eigenvalue weighted by atomic mass is 10.2. The highest BCUT2D eigenvalue weighted by Gasteiger charge is 2.68. The maximum atomic E-state index is 14.5. The Labute approximate surface area is 303 Å². The monoisotopic (exact) mass is 788 g/mol. The number of sulfonamides is 4. The molecule has 0 atom stereocenters. The topological polar surface area (TPSA) is 280 Å². The van der Waals surface area contributed by atoms with Crippen molar-refractivity contribution in [2.75, 3.05) is 26.2 Å². The molecular formula is C31H48N8O8S4. The minimum Gasteiger partial charge on any atom is -0.213 e. The van der Waals surface area contributed by atoms with Crippen LogP contribution in [-0.2, 0) is 43.5 Å². The van der Waals surface area contributed by atoms with Gasteiger partial charge in [-0.05, 0) is 57.4 Å². The lowest BCUT2D eigenvalue weighted by molar-refractivity contribution is 0.527. The Kier molecular flexibility index (Phi) is 21.0. The van der Waals surface area contributed by atoms with E-state index in [1.165, 1.54) is 6.07 Å². The second kappa shape index (κ2) is 23.4. The summed E-state index contributed by atoms with van der Waals surface area (Å²) in [5.74, 6) is 0. The minimum absolute atomic E-state index is 0.114. The van der Waals surface area contributed by atoms with E-state index in [9.17, 15) is 33.7 Å². The van der Waals surface area contributed by atoms with Crippen molar-refractivity contribution in [2.24, 2.45) is 0 Å². The fraction of sp³-hybridized carbons (Fsp3) is 0.677. The molecule has 0 saturated heterocycles. The van der Waals surface area contributed by atoms with Crippen LogP contribution in [0.4, 0.5) is 0 Å². The lowest BCUT2D eigenvalue weighted by Gasteiger charge is -2.34. The van der Waals surface area contributed by atoms with Gasteiger partial charge in [0.15, 0.2) is 0 Å². The minimum atomic E-state index is -5.59. The summed E-state index contributed by atoms with van der Waals surface area (Å²) in [6, 6.07) is 12.0. The summed E-state index contributed by atoms with van der Waals surface area (Å²) in [6.07, 6.45) is 4.71.